The molecule has 2 unspecified atom stereocenters. The SMILES string of the molecule is CC1(C2C=CC=CO2)CCCCO1. The Bertz CT molecular complexity index is 224. The van der Waals surface area contributed by atoms with Crippen molar-refractivity contribution in [2.45, 2.75) is 37.9 Å². The fourth-order valence-electron chi connectivity index (χ4n) is 1.91. The van der Waals surface area contributed by atoms with Gasteiger partial charge in [-0.2, -0.15) is 0 Å². The summed E-state index contributed by atoms with van der Waals surface area (Å²) >= 11 is 0. The van der Waals surface area contributed by atoms with E-state index in [-0.39, 0.29) is 11.7 Å². The number of rotatable bonds is 1. The van der Waals surface area contributed by atoms with Crippen molar-refractivity contribution in [2.75, 3.05) is 6.61 Å². The summed E-state index contributed by atoms with van der Waals surface area (Å²) in [5.41, 5.74) is -0.112. The molecular formula is C11H16O2. The third-order valence-electron chi connectivity index (χ3n) is 2.80. The second-order valence-corrected chi connectivity index (χ2v) is 3.89. The summed E-state index contributed by atoms with van der Waals surface area (Å²) in [7, 11) is 0. The average Bonchev–Trinajstić information content (AvgIpc) is 2.20. The van der Waals surface area contributed by atoms with Crippen molar-refractivity contribution in [1.29, 1.82) is 0 Å². The summed E-state index contributed by atoms with van der Waals surface area (Å²) in [5.74, 6) is 0. The highest BCUT2D eigenvalue weighted by atomic mass is 16.5. The maximum Gasteiger partial charge on any atom is 0.145 e. The first-order chi connectivity index (χ1) is 6.31. The van der Waals surface area contributed by atoms with Crippen molar-refractivity contribution in [3.8, 4) is 0 Å². The standard InChI is InChI=1S/C11H16O2/c1-11(7-3-5-9-13-11)10-6-2-4-8-12-10/h2,4,6,8,10H,3,5,7,9H2,1H3. The molecule has 2 heteroatoms. The normalized spacial score (nSPS) is 38.7. The van der Waals surface area contributed by atoms with Crippen LogP contribution in [-0.4, -0.2) is 18.3 Å². The zero-order valence-electron chi connectivity index (χ0n) is 8.03. The molecule has 0 spiro atoms. The molecule has 0 bridgehead atoms. The fraction of sp³-hybridized carbons (Fsp3) is 0.636. The summed E-state index contributed by atoms with van der Waals surface area (Å²) in [5, 5.41) is 0. The molecule has 72 valence electrons. The van der Waals surface area contributed by atoms with Gasteiger partial charge in [-0.3, -0.25) is 0 Å². The van der Waals surface area contributed by atoms with Crippen molar-refractivity contribution in [3.05, 3.63) is 24.5 Å². The van der Waals surface area contributed by atoms with Crippen LogP contribution in [0.15, 0.2) is 24.5 Å². The Labute approximate surface area is 79.2 Å². The largest absolute Gasteiger partial charge is 0.491 e. The highest BCUT2D eigenvalue weighted by Crippen LogP contribution is 2.31. The zero-order valence-corrected chi connectivity index (χ0v) is 8.03. The molecule has 2 atom stereocenters. The van der Waals surface area contributed by atoms with E-state index in [2.05, 4.69) is 13.0 Å². The summed E-state index contributed by atoms with van der Waals surface area (Å²) < 4.78 is 11.3. The first-order valence-electron chi connectivity index (χ1n) is 4.94. The van der Waals surface area contributed by atoms with E-state index < -0.39 is 0 Å². The van der Waals surface area contributed by atoms with Crippen LogP contribution in [0.3, 0.4) is 0 Å². The lowest BCUT2D eigenvalue weighted by atomic mass is 9.89. The highest BCUT2D eigenvalue weighted by Gasteiger charge is 2.36. The van der Waals surface area contributed by atoms with E-state index >= 15 is 0 Å². The molecule has 0 amide bonds. The van der Waals surface area contributed by atoms with Crippen LogP contribution in [-0.2, 0) is 9.47 Å². The number of allylic oxidation sites excluding steroid dienone is 2. The first kappa shape index (κ1) is 8.82. The summed E-state index contributed by atoms with van der Waals surface area (Å²) in [4.78, 5) is 0. The van der Waals surface area contributed by atoms with E-state index in [9.17, 15) is 0 Å². The van der Waals surface area contributed by atoms with Gasteiger partial charge in [-0.25, -0.2) is 0 Å². The Hall–Kier alpha value is -0.760. The Morgan fingerprint density at radius 2 is 2.23 bits per heavy atom. The van der Waals surface area contributed by atoms with Crippen molar-refractivity contribution in [2.24, 2.45) is 0 Å². The van der Waals surface area contributed by atoms with Crippen molar-refractivity contribution >= 4 is 0 Å². The molecule has 0 aromatic carbocycles. The Balaban J connectivity index is 2.04. The van der Waals surface area contributed by atoms with Gasteiger partial charge in [0.1, 0.15) is 11.7 Å². The number of ether oxygens (including phenoxy) is 2. The number of hydrogen-bond donors (Lipinski definition) is 0. The van der Waals surface area contributed by atoms with Crippen LogP contribution in [0.1, 0.15) is 26.2 Å². The Kier molecular flexibility index (Phi) is 2.40. The molecule has 0 N–H and O–H groups in total. The molecule has 0 saturated carbocycles. The van der Waals surface area contributed by atoms with E-state index in [4.69, 9.17) is 9.47 Å². The number of hydrogen-bond acceptors (Lipinski definition) is 2. The molecule has 0 aromatic heterocycles. The second kappa shape index (κ2) is 3.54. The average molecular weight is 180 g/mol. The molecular weight excluding hydrogens is 164 g/mol. The quantitative estimate of drug-likeness (QED) is 0.617. The van der Waals surface area contributed by atoms with Crippen LogP contribution in [0, 0.1) is 0 Å². The Morgan fingerprint density at radius 1 is 1.31 bits per heavy atom. The van der Waals surface area contributed by atoms with Gasteiger partial charge in [0.2, 0.25) is 0 Å². The predicted octanol–water partition coefficient (Wildman–Crippen LogP) is 2.41. The third kappa shape index (κ3) is 1.78. The second-order valence-electron chi connectivity index (χ2n) is 3.89. The van der Waals surface area contributed by atoms with Gasteiger partial charge in [0, 0.05) is 6.61 Å². The smallest absolute Gasteiger partial charge is 0.145 e. The molecule has 2 aliphatic heterocycles. The monoisotopic (exact) mass is 180 g/mol. The molecule has 2 aliphatic rings. The van der Waals surface area contributed by atoms with Crippen LogP contribution in [0.25, 0.3) is 0 Å². The van der Waals surface area contributed by atoms with E-state index in [1.165, 1.54) is 12.8 Å². The lowest BCUT2D eigenvalue weighted by Crippen LogP contribution is -2.44. The maximum atomic E-state index is 5.79. The maximum absolute atomic E-state index is 5.79. The molecule has 2 nitrogen and oxygen atoms in total. The van der Waals surface area contributed by atoms with E-state index in [1.807, 2.05) is 12.2 Å². The molecule has 0 radical (unpaired) electrons. The summed E-state index contributed by atoms with van der Waals surface area (Å²) in [6.45, 7) is 3.01. The van der Waals surface area contributed by atoms with Crippen LogP contribution in [0.4, 0.5) is 0 Å². The minimum atomic E-state index is -0.112. The first-order valence-corrected chi connectivity index (χ1v) is 4.94. The Morgan fingerprint density at radius 3 is 2.85 bits per heavy atom. The predicted molar refractivity (Wildman–Crippen MR) is 51.4 cm³/mol. The fourth-order valence-corrected chi connectivity index (χ4v) is 1.91. The van der Waals surface area contributed by atoms with Crippen LogP contribution < -0.4 is 0 Å². The molecule has 13 heavy (non-hydrogen) atoms. The van der Waals surface area contributed by atoms with Crippen LogP contribution >= 0.6 is 0 Å². The van der Waals surface area contributed by atoms with Crippen molar-refractivity contribution in [3.63, 3.8) is 0 Å². The lowest BCUT2D eigenvalue weighted by Gasteiger charge is -2.39. The topological polar surface area (TPSA) is 18.5 Å². The van der Waals surface area contributed by atoms with Gasteiger partial charge in [-0.1, -0.05) is 6.08 Å². The highest BCUT2D eigenvalue weighted by molar-refractivity contribution is 5.12. The van der Waals surface area contributed by atoms with Gasteiger partial charge >= 0.3 is 0 Å². The molecule has 1 fully saturated rings. The van der Waals surface area contributed by atoms with Gasteiger partial charge in [-0.15, -0.1) is 0 Å². The summed E-state index contributed by atoms with van der Waals surface area (Å²) in [6, 6.07) is 0. The molecule has 0 aromatic rings. The van der Waals surface area contributed by atoms with Gasteiger partial charge in [0.15, 0.2) is 0 Å². The zero-order chi connectivity index (χ0) is 9.15. The molecule has 0 aliphatic carbocycles. The molecule has 2 rings (SSSR count). The molecule has 2 heterocycles. The minimum absolute atomic E-state index is 0.0952. The van der Waals surface area contributed by atoms with Crippen LogP contribution in [0.2, 0.25) is 0 Å². The third-order valence-corrected chi connectivity index (χ3v) is 2.80. The van der Waals surface area contributed by atoms with Crippen molar-refractivity contribution in [1.82, 2.24) is 0 Å². The van der Waals surface area contributed by atoms with Crippen LogP contribution in [0.5, 0.6) is 0 Å². The van der Waals surface area contributed by atoms with E-state index in [1.54, 1.807) is 6.26 Å². The van der Waals surface area contributed by atoms with Gasteiger partial charge < -0.3 is 9.47 Å². The van der Waals surface area contributed by atoms with Gasteiger partial charge in [-0.05, 0) is 38.3 Å². The summed E-state index contributed by atoms with van der Waals surface area (Å²) in [6.07, 6.45) is 11.4. The van der Waals surface area contributed by atoms with E-state index in [0.717, 1.165) is 13.0 Å². The van der Waals surface area contributed by atoms with Crippen molar-refractivity contribution < 1.29 is 9.47 Å². The van der Waals surface area contributed by atoms with E-state index in [0.29, 0.717) is 0 Å². The molecule has 1 saturated heterocycles. The lowest BCUT2D eigenvalue weighted by molar-refractivity contribution is -0.123. The van der Waals surface area contributed by atoms with Gasteiger partial charge in [0.25, 0.3) is 0 Å². The van der Waals surface area contributed by atoms with Gasteiger partial charge in [0.05, 0.1) is 6.26 Å². The minimum Gasteiger partial charge on any atom is -0.491 e.